The summed E-state index contributed by atoms with van der Waals surface area (Å²) in [7, 11) is 0. The zero-order chi connectivity index (χ0) is 20.9. The summed E-state index contributed by atoms with van der Waals surface area (Å²) in [4.78, 5) is 30.7. The number of carbonyl (C=O) groups excluding carboxylic acids is 1. The van der Waals surface area contributed by atoms with E-state index in [2.05, 4.69) is 30.8 Å². The van der Waals surface area contributed by atoms with Gasteiger partial charge in [0.2, 0.25) is 0 Å². The summed E-state index contributed by atoms with van der Waals surface area (Å²) >= 11 is 0. The summed E-state index contributed by atoms with van der Waals surface area (Å²) < 4.78 is 6.69. The van der Waals surface area contributed by atoms with Crippen molar-refractivity contribution in [2.45, 2.75) is 6.42 Å². The molecule has 0 saturated heterocycles. The molecule has 0 bridgehead atoms. The molecule has 0 atom stereocenters. The average Bonchev–Trinajstić information content (AvgIpc) is 3.46. The molecule has 4 rings (SSSR count). The molecule has 4 aromatic rings. The molecule has 1 aromatic carbocycles. The van der Waals surface area contributed by atoms with Crippen molar-refractivity contribution in [1.29, 1.82) is 0 Å². The fourth-order valence-electron chi connectivity index (χ4n) is 2.61. The summed E-state index contributed by atoms with van der Waals surface area (Å²) in [5.41, 5.74) is 1.40. The fourth-order valence-corrected chi connectivity index (χ4v) is 2.61. The molecule has 0 unspecified atom stereocenters. The van der Waals surface area contributed by atoms with E-state index < -0.39 is 4.92 Å². The van der Waals surface area contributed by atoms with Crippen molar-refractivity contribution in [1.82, 2.24) is 35.4 Å². The highest BCUT2D eigenvalue weighted by molar-refractivity contribution is 5.94. The van der Waals surface area contributed by atoms with E-state index in [0.717, 1.165) is 11.9 Å². The highest BCUT2D eigenvalue weighted by Gasteiger charge is 2.13. The van der Waals surface area contributed by atoms with E-state index in [1.165, 1.54) is 12.1 Å². The van der Waals surface area contributed by atoms with Gasteiger partial charge in [0.1, 0.15) is 11.9 Å². The summed E-state index contributed by atoms with van der Waals surface area (Å²) in [6, 6.07) is 9.71. The third-order valence-electron chi connectivity index (χ3n) is 4.08. The maximum Gasteiger partial charge on any atom is 0.287 e. The van der Waals surface area contributed by atoms with E-state index in [1.807, 2.05) is 6.07 Å². The lowest BCUT2D eigenvalue weighted by atomic mass is 10.2. The van der Waals surface area contributed by atoms with Gasteiger partial charge in [-0.05, 0) is 24.3 Å². The van der Waals surface area contributed by atoms with Crippen molar-refractivity contribution in [3.8, 4) is 17.3 Å². The van der Waals surface area contributed by atoms with Crippen LogP contribution in [0.15, 0.2) is 59.5 Å². The van der Waals surface area contributed by atoms with Crippen molar-refractivity contribution in [2.24, 2.45) is 0 Å². The van der Waals surface area contributed by atoms with Crippen LogP contribution >= 0.6 is 0 Å². The van der Waals surface area contributed by atoms with Gasteiger partial charge in [-0.15, -0.1) is 5.10 Å². The quantitative estimate of drug-likeness (QED) is 0.356. The first-order valence-electron chi connectivity index (χ1n) is 8.78. The van der Waals surface area contributed by atoms with E-state index in [-0.39, 0.29) is 17.5 Å². The molecule has 12 nitrogen and oxygen atoms in total. The zero-order valence-electron chi connectivity index (χ0n) is 15.4. The number of amides is 1. The monoisotopic (exact) mass is 406 g/mol. The fraction of sp³-hybridized carbons (Fsp3) is 0.111. The molecule has 0 aliphatic heterocycles. The van der Waals surface area contributed by atoms with Crippen molar-refractivity contribution < 1.29 is 14.2 Å². The molecule has 3 heterocycles. The van der Waals surface area contributed by atoms with Crippen LogP contribution in [0.5, 0.6) is 0 Å². The second kappa shape index (κ2) is 8.26. The van der Waals surface area contributed by atoms with Gasteiger partial charge in [0, 0.05) is 24.6 Å². The lowest BCUT2D eigenvalue weighted by Crippen LogP contribution is -2.26. The number of nitrogens with one attached hydrogen (secondary N) is 1. The molecule has 0 saturated carbocycles. The average molecular weight is 406 g/mol. The Morgan fingerprint density at radius 1 is 1.27 bits per heavy atom. The minimum Gasteiger partial charge on any atom is -0.352 e. The predicted molar refractivity (Wildman–Crippen MR) is 102 cm³/mol. The van der Waals surface area contributed by atoms with E-state index in [4.69, 9.17) is 4.52 Å². The molecule has 0 fully saturated rings. The molecule has 0 aliphatic carbocycles. The Morgan fingerprint density at radius 3 is 2.90 bits per heavy atom. The highest BCUT2D eigenvalue weighted by atomic mass is 16.6. The SMILES string of the molecule is O=C(NCCc1noc(-c2ccc([N+](=O)[O-])cn2)n1)c1cccc(-n2ccnn2)c1. The molecular formula is C18H14N8O4. The molecule has 3 aromatic heterocycles. The molecule has 150 valence electrons. The second-order valence-electron chi connectivity index (χ2n) is 6.08. The van der Waals surface area contributed by atoms with Gasteiger partial charge in [-0.1, -0.05) is 16.4 Å². The summed E-state index contributed by atoms with van der Waals surface area (Å²) in [5, 5.41) is 25.0. The topological polar surface area (TPSA) is 155 Å². The Labute approximate surface area is 168 Å². The van der Waals surface area contributed by atoms with Gasteiger partial charge < -0.3 is 9.84 Å². The standard InChI is InChI=1S/C18H14N8O4/c27-17(12-2-1-3-13(10-12)25-9-8-21-24-25)19-7-6-16-22-18(30-23-16)15-5-4-14(11-20-15)26(28)29/h1-5,8-11H,6-7H2,(H,19,27). The number of benzene rings is 1. The molecule has 0 spiro atoms. The Balaban J connectivity index is 1.34. The number of carbonyl (C=O) groups is 1. The van der Waals surface area contributed by atoms with Gasteiger partial charge in [0.15, 0.2) is 5.82 Å². The van der Waals surface area contributed by atoms with Crippen LogP contribution in [0.2, 0.25) is 0 Å². The number of rotatable bonds is 7. The maximum absolute atomic E-state index is 12.4. The van der Waals surface area contributed by atoms with Gasteiger partial charge >= 0.3 is 0 Å². The van der Waals surface area contributed by atoms with E-state index >= 15 is 0 Å². The Kier molecular flexibility index (Phi) is 5.19. The minimum atomic E-state index is -0.541. The Morgan fingerprint density at radius 2 is 2.17 bits per heavy atom. The van der Waals surface area contributed by atoms with Crippen molar-refractivity contribution in [3.63, 3.8) is 0 Å². The van der Waals surface area contributed by atoms with Crippen molar-refractivity contribution in [3.05, 3.63) is 76.5 Å². The van der Waals surface area contributed by atoms with Crippen LogP contribution < -0.4 is 5.32 Å². The van der Waals surface area contributed by atoms with E-state index in [1.54, 1.807) is 35.3 Å². The van der Waals surface area contributed by atoms with Crippen LogP contribution in [0.3, 0.4) is 0 Å². The van der Waals surface area contributed by atoms with Gasteiger partial charge in [0.05, 0.1) is 23.0 Å². The van der Waals surface area contributed by atoms with Crippen LogP contribution in [0.1, 0.15) is 16.2 Å². The number of aromatic nitrogens is 6. The summed E-state index contributed by atoms with van der Waals surface area (Å²) in [6.07, 6.45) is 4.70. The van der Waals surface area contributed by atoms with Crippen LogP contribution in [0.4, 0.5) is 5.69 Å². The number of nitro groups is 1. The van der Waals surface area contributed by atoms with Crippen molar-refractivity contribution in [2.75, 3.05) is 6.54 Å². The van der Waals surface area contributed by atoms with Crippen molar-refractivity contribution >= 4 is 11.6 Å². The van der Waals surface area contributed by atoms with Gasteiger partial charge in [-0.25, -0.2) is 9.67 Å². The first-order valence-corrected chi connectivity index (χ1v) is 8.78. The van der Waals surface area contributed by atoms with Gasteiger partial charge in [-0.2, -0.15) is 4.98 Å². The number of hydrogen-bond donors (Lipinski definition) is 1. The number of hydrogen-bond acceptors (Lipinski definition) is 9. The second-order valence-corrected chi connectivity index (χ2v) is 6.08. The lowest BCUT2D eigenvalue weighted by Gasteiger charge is -2.06. The third kappa shape index (κ3) is 4.16. The van der Waals surface area contributed by atoms with Crippen LogP contribution in [-0.2, 0) is 6.42 Å². The van der Waals surface area contributed by atoms with Crippen LogP contribution in [0, 0.1) is 10.1 Å². The van der Waals surface area contributed by atoms with E-state index in [9.17, 15) is 14.9 Å². The molecule has 30 heavy (non-hydrogen) atoms. The van der Waals surface area contributed by atoms with E-state index in [0.29, 0.717) is 30.0 Å². The third-order valence-corrected chi connectivity index (χ3v) is 4.08. The van der Waals surface area contributed by atoms with Crippen LogP contribution in [0.25, 0.3) is 17.3 Å². The summed E-state index contributed by atoms with van der Waals surface area (Å²) in [5.74, 6) is 0.270. The first-order chi connectivity index (χ1) is 14.6. The minimum absolute atomic E-state index is 0.130. The smallest absolute Gasteiger partial charge is 0.287 e. The molecule has 0 radical (unpaired) electrons. The maximum atomic E-state index is 12.4. The molecular weight excluding hydrogens is 392 g/mol. The van der Waals surface area contributed by atoms with Crippen LogP contribution in [-0.4, -0.2) is 47.5 Å². The summed E-state index contributed by atoms with van der Waals surface area (Å²) in [6.45, 7) is 0.291. The van der Waals surface area contributed by atoms with Gasteiger partial charge in [-0.3, -0.25) is 14.9 Å². The molecule has 0 aliphatic rings. The Hall–Kier alpha value is -4.48. The number of nitrogens with zero attached hydrogens (tertiary/aromatic N) is 7. The first kappa shape index (κ1) is 18.9. The molecule has 12 heteroatoms. The highest BCUT2D eigenvalue weighted by Crippen LogP contribution is 2.17. The largest absolute Gasteiger partial charge is 0.352 e. The molecule has 1 amide bonds. The normalized spacial score (nSPS) is 10.7. The molecule has 1 N–H and O–H groups in total. The zero-order valence-corrected chi connectivity index (χ0v) is 15.4. The van der Waals surface area contributed by atoms with Gasteiger partial charge in [0.25, 0.3) is 17.5 Å². The lowest BCUT2D eigenvalue weighted by molar-refractivity contribution is -0.385. The predicted octanol–water partition coefficient (Wildman–Crippen LogP) is 1.59. The Bertz CT molecular complexity index is 1170. The number of pyridine rings is 1.